The first-order valence-electron chi connectivity index (χ1n) is 9.43. The Hall–Kier alpha value is -2.06. The maximum absolute atomic E-state index is 12.3. The van der Waals surface area contributed by atoms with Crippen LogP contribution in [0.15, 0.2) is 29.2 Å². The van der Waals surface area contributed by atoms with Gasteiger partial charge in [0.2, 0.25) is 0 Å². The molecule has 4 rings (SSSR count). The van der Waals surface area contributed by atoms with Gasteiger partial charge in [0, 0.05) is 18.8 Å². The molecule has 9 heteroatoms. The molecular weight excluding hydrogens is 400 g/mol. The van der Waals surface area contributed by atoms with Crippen LogP contribution in [0.4, 0.5) is 21.9 Å². The number of nitrogens with two attached hydrogens (primary N) is 1. The number of rotatable bonds is 5. The zero-order chi connectivity index (χ0) is 19.7. The van der Waals surface area contributed by atoms with E-state index in [1.165, 1.54) is 24.6 Å². The quantitative estimate of drug-likeness (QED) is 0.560. The minimum absolute atomic E-state index is 0.0884. The van der Waals surface area contributed by atoms with Gasteiger partial charge in [-0.2, -0.15) is 0 Å². The highest BCUT2D eigenvalue weighted by Gasteiger charge is 2.33. The topological polar surface area (TPSA) is 87.9 Å². The second-order valence-electron chi connectivity index (χ2n) is 7.10. The van der Waals surface area contributed by atoms with E-state index < -0.39 is 12.2 Å². The van der Waals surface area contributed by atoms with Crippen LogP contribution in [0.25, 0.3) is 0 Å². The number of ether oxygens (including phenoxy) is 1. The van der Waals surface area contributed by atoms with Gasteiger partial charge in [0.05, 0.1) is 34.1 Å². The van der Waals surface area contributed by atoms with Crippen molar-refractivity contribution in [3.05, 3.63) is 29.2 Å². The smallest absolute Gasteiger partial charge is 0.414 e. The predicted molar refractivity (Wildman–Crippen MR) is 113 cm³/mol. The van der Waals surface area contributed by atoms with E-state index in [0.717, 1.165) is 18.8 Å². The number of hydrogen-bond donors (Lipinski definition) is 2. The van der Waals surface area contributed by atoms with E-state index >= 15 is 0 Å². The summed E-state index contributed by atoms with van der Waals surface area (Å²) in [5.74, 6) is -0.179. The summed E-state index contributed by atoms with van der Waals surface area (Å²) < 4.78 is 5.31. The van der Waals surface area contributed by atoms with Gasteiger partial charge in [-0.05, 0) is 37.5 Å². The molecule has 3 heterocycles. The highest BCUT2D eigenvalue weighted by molar-refractivity contribution is 8.05. The lowest BCUT2D eigenvalue weighted by Gasteiger charge is -2.21. The Bertz CT molecular complexity index is 812. The lowest BCUT2D eigenvalue weighted by molar-refractivity contribution is -0.117. The van der Waals surface area contributed by atoms with Gasteiger partial charge in [0.25, 0.3) is 5.91 Å². The van der Waals surface area contributed by atoms with Crippen LogP contribution in [0.3, 0.4) is 0 Å². The van der Waals surface area contributed by atoms with Crippen molar-refractivity contribution >= 4 is 52.4 Å². The number of amides is 2. The SMILES string of the molecule is Nc1cc(N2CC(CNC(=O)C3=CCC(Cl)S3)OC2=O)ccc1N1CCCC1. The maximum Gasteiger partial charge on any atom is 0.414 e. The molecule has 7 nitrogen and oxygen atoms in total. The molecule has 2 unspecified atom stereocenters. The molecule has 0 bridgehead atoms. The molecule has 2 fully saturated rings. The van der Waals surface area contributed by atoms with E-state index in [0.29, 0.717) is 29.2 Å². The number of halogens is 1. The first kappa shape index (κ1) is 19.3. The fraction of sp³-hybridized carbons (Fsp3) is 0.474. The summed E-state index contributed by atoms with van der Waals surface area (Å²) in [6, 6.07) is 5.67. The molecule has 0 spiro atoms. The van der Waals surface area contributed by atoms with E-state index in [9.17, 15) is 9.59 Å². The Labute approximate surface area is 173 Å². The fourth-order valence-corrected chi connectivity index (χ4v) is 4.88. The lowest BCUT2D eigenvalue weighted by Crippen LogP contribution is -2.34. The molecule has 3 aliphatic rings. The first-order chi connectivity index (χ1) is 13.5. The maximum atomic E-state index is 12.3. The molecule has 1 aromatic carbocycles. The van der Waals surface area contributed by atoms with Crippen LogP contribution < -0.4 is 20.9 Å². The third-order valence-corrected chi connectivity index (χ3v) is 6.60. The van der Waals surface area contributed by atoms with Crippen LogP contribution in [0.2, 0.25) is 0 Å². The van der Waals surface area contributed by atoms with Crippen molar-refractivity contribution in [1.82, 2.24) is 5.32 Å². The number of hydrogen-bond acceptors (Lipinski definition) is 6. The van der Waals surface area contributed by atoms with Gasteiger partial charge in [-0.25, -0.2) is 4.79 Å². The summed E-state index contributed by atoms with van der Waals surface area (Å²) in [5, 5.41) is 2.82. The fourth-order valence-electron chi connectivity index (χ4n) is 3.67. The van der Waals surface area contributed by atoms with Gasteiger partial charge in [-0.3, -0.25) is 9.69 Å². The Balaban J connectivity index is 1.35. The number of nitrogen functional groups attached to an aromatic ring is 1. The third-order valence-electron chi connectivity index (χ3n) is 5.10. The standard InChI is InChI=1S/C19H23ClN4O3S/c20-17-6-5-16(28-17)18(25)22-10-13-11-24(19(26)27-13)12-3-4-15(14(21)9-12)23-7-1-2-8-23/h3-5,9,13,17H,1-2,6-8,10-11,21H2,(H,22,25). The number of cyclic esters (lactones) is 1. The molecule has 1 aromatic rings. The van der Waals surface area contributed by atoms with Gasteiger partial charge >= 0.3 is 6.09 Å². The summed E-state index contributed by atoms with van der Waals surface area (Å²) in [7, 11) is 0. The number of carbonyl (C=O) groups is 2. The molecule has 0 aromatic heterocycles. The van der Waals surface area contributed by atoms with Crippen molar-refractivity contribution in [3.8, 4) is 0 Å². The predicted octanol–water partition coefficient (Wildman–Crippen LogP) is 2.90. The summed E-state index contributed by atoms with van der Waals surface area (Å²) in [4.78, 5) is 28.9. The largest absolute Gasteiger partial charge is 0.442 e. The van der Waals surface area contributed by atoms with Crippen molar-refractivity contribution < 1.29 is 14.3 Å². The minimum Gasteiger partial charge on any atom is -0.442 e. The number of carbonyl (C=O) groups excluding carboxylic acids is 2. The normalized spacial score (nSPS) is 24.5. The number of benzene rings is 1. The molecule has 0 aliphatic carbocycles. The van der Waals surface area contributed by atoms with Crippen molar-refractivity contribution in [1.29, 1.82) is 0 Å². The van der Waals surface area contributed by atoms with E-state index in [1.807, 2.05) is 24.3 Å². The number of alkyl halides is 1. The Kier molecular flexibility index (Phi) is 5.59. The second kappa shape index (κ2) is 8.13. The summed E-state index contributed by atoms with van der Waals surface area (Å²) in [6.45, 7) is 2.64. The number of anilines is 3. The van der Waals surface area contributed by atoms with E-state index in [4.69, 9.17) is 22.1 Å². The lowest BCUT2D eigenvalue weighted by atomic mass is 10.2. The monoisotopic (exact) mass is 422 g/mol. The highest BCUT2D eigenvalue weighted by Crippen LogP contribution is 2.35. The van der Waals surface area contributed by atoms with Crippen molar-refractivity contribution in [2.24, 2.45) is 0 Å². The van der Waals surface area contributed by atoms with Gasteiger partial charge in [0.1, 0.15) is 6.10 Å². The zero-order valence-corrected chi connectivity index (χ0v) is 17.0. The average Bonchev–Trinajstić information content (AvgIpc) is 3.41. The molecule has 3 N–H and O–H groups in total. The molecule has 2 atom stereocenters. The van der Waals surface area contributed by atoms with E-state index in [-0.39, 0.29) is 17.2 Å². The van der Waals surface area contributed by atoms with Crippen LogP contribution in [0.5, 0.6) is 0 Å². The molecule has 150 valence electrons. The Morgan fingerprint density at radius 2 is 2.14 bits per heavy atom. The van der Waals surface area contributed by atoms with Gasteiger partial charge in [0.15, 0.2) is 0 Å². The van der Waals surface area contributed by atoms with Gasteiger partial charge in [-0.15, -0.1) is 23.4 Å². The summed E-state index contributed by atoms with van der Waals surface area (Å²) in [6.07, 6.45) is 4.02. The average molecular weight is 423 g/mol. The molecule has 3 aliphatic heterocycles. The third kappa shape index (κ3) is 4.03. The molecule has 28 heavy (non-hydrogen) atoms. The number of allylic oxidation sites excluding steroid dienone is 1. The second-order valence-corrected chi connectivity index (χ2v) is 9.13. The van der Waals surface area contributed by atoms with E-state index in [1.54, 1.807) is 4.90 Å². The van der Waals surface area contributed by atoms with Gasteiger partial charge < -0.3 is 20.7 Å². The molecular formula is C19H23ClN4O3S. The van der Waals surface area contributed by atoms with Crippen LogP contribution >= 0.6 is 23.4 Å². The van der Waals surface area contributed by atoms with Crippen LogP contribution in [0, 0.1) is 0 Å². The zero-order valence-electron chi connectivity index (χ0n) is 15.4. The minimum atomic E-state index is -0.428. The van der Waals surface area contributed by atoms with Crippen LogP contribution in [-0.4, -0.2) is 49.0 Å². The van der Waals surface area contributed by atoms with Crippen molar-refractivity contribution in [2.45, 2.75) is 30.1 Å². The highest BCUT2D eigenvalue weighted by atomic mass is 35.5. The summed E-state index contributed by atoms with van der Waals surface area (Å²) >= 11 is 7.34. The van der Waals surface area contributed by atoms with Gasteiger partial charge in [-0.1, -0.05) is 6.08 Å². The number of thioether (sulfide) groups is 1. The van der Waals surface area contributed by atoms with E-state index in [2.05, 4.69) is 10.2 Å². The summed E-state index contributed by atoms with van der Waals surface area (Å²) in [5.41, 5.74) is 8.61. The molecule has 0 saturated carbocycles. The molecule has 0 radical (unpaired) electrons. The van der Waals surface area contributed by atoms with Crippen molar-refractivity contribution in [2.75, 3.05) is 41.7 Å². The van der Waals surface area contributed by atoms with Crippen LogP contribution in [0.1, 0.15) is 19.3 Å². The Morgan fingerprint density at radius 3 is 2.82 bits per heavy atom. The first-order valence-corrected chi connectivity index (χ1v) is 10.7. The Morgan fingerprint density at radius 1 is 1.36 bits per heavy atom. The molecule has 2 amide bonds. The van der Waals surface area contributed by atoms with Crippen molar-refractivity contribution in [3.63, 3.8) is 0 Å². The molecule has 2 saturated heterocycles. The van der Waals surface area contributed by atoms with Crippen LogP contribution in [-0.2, 0) is 9.53 Å². The number of nitrogens with zero attached hydrogens (tertiary/aromatic N) is 2. The number of nitrogens with one attached hydrogen (secondary N) is 1.